The molecule has 1 aromatic heterocycles. The van der Waals surface area contributed by atoms with E-state index in [-0.39, 0.29) is 17.6 Å². The van der Waals surface area contributed by atoms with E-state index in [9.17, 15) is 8.42 Å². The normalized spacial score (nSPS) is 13.5. The van der Waals surface area contributed by atoms with Gasteiger partial charge in [0, 0.05) is 6.07 Å². The molecule has 106 valence electrons. The molecular formula is C11H9BrN2O5S. The first-order valence-electron chi connectivity index (χ1n) is 5.51. The molecule has 0 atom stereocenters. The molecule has 0 saturated carbocycles. The van der Waals surface area contributed by atoms with Crippen molar-refractivity contribution in [2.75, 3.05) is 11.5 Å². The van der Waals surface area contributed by atoms with Crippen molar-refractivity contribution in [1.29, 1.82) is 0 Å². The minimum Gasteiger partial charge on any atom is -0.454 e. The van der Waals surface area contributed by atoms with Gasteiger partial charge in [-0.2, -0.15) is 0 Å². The predicted molar refractivity (Wildman–Crippen MR) is 72.3 cm³/mol. The summed E-state index contributed by atoms with van der Waals surface area (Å²) in [6, 6.07) is 4.35. The Labute approximate surface area is 123 Å². The average Bonchev–Trinajstić information content (AvgIpc) is 2.99. The third-order valence-electron chi connectivity index (χ3n) is 2.67. The quantitative estimate of drug-likeness (QED) is 0.902. The van der Waals surface area contributed by atoms with Crippen LogP contribution in [0.3, 0.4) is 0 Å². The lowest BCUT2D eigenvalue weighted by Gasteiger charge is -2.06. The van der Waals surface area contributed by atoms with Gasteiger partial charge < -0.3 is 14.0 Å². The second-order valence-corrected chi connectivity index (χ2v) is 6.51. The zero-order valence-corrected chi connectivity index (χ0v) is 12.6. The minimum absolute atomic E-state index is 0.0279. The van der Waals surface area contributed by atoms with Gasteiger partial charge in [0.1, 0.15) is 4.47 Å². The van der Waals surface area contributed by atoms with Crippen molar-refractivity contribution < 1.29 is 22.4 Å². The first kappa shape index (κ1) is 13.3. The van der Waals surface area contributed by atoms with Crippen molar-refractivity contribution in [3.8, 4) is 11.5 Å². The molecule has 0 fully saturated rings. The molecule has 0 amide bonds. The summed E-state index contributed by atoms with van der Waals surface area (Å²) in [7, 11) is -3.79. The fraction of sp³-hybridized carbons (Fsp3) is 0.182. The first-order valence-corrected chi connectivity index (χ1v) is 7.79. The van der Waals surface area contributed by atoms with Crippen molar-refractivity contribution in [3.05, 3.63) is 28.4 Å². The van der Waals surface area contributed by atoms with E-state index in [4.69, 9.17) is 14.0 Å². The molecule has 20 heavy (non-hydrogen) atoms. The zero-order valence-electron chi connectivity index (χ0n) is 10.2. The predicted octanol–water partition coefficient (Wildman–Crippen LogP) is 2.28. The molecule has 0 saturated heterocycles. The van der Waals surface area contributed by atoms with Crippen molar-refractivity contribution in [2.45, 2.75) is 11.8 Å². The van der Waals surface area contributed by atoms with Gasteiger partial charge in [0.25, 0.3) is 15.9 Å². The average molecular weight is 361 g/mol. The smallest absolute Gasteiger partial charge is 0.264 e. The number of ether oxygens (including phenoxy) is 2. The zero-order chi connectivity index (χ0) is 14.3. The van der Waals surface area contributed by atoms with Gasteiger partial charge in [-0.05, 0) is 35.0 Å². The first-order chi connectivity index (χ1) is 9.47. The van der Waals surface area contributed by atoms with Crippen LogP contribution < -0.4 is 14.2 Å². The topological polar surface area (TPSA) is 90.7 Å². The monoisotopic (exact) mass is 360 g/mol. The van der Waals surface area contributed by atoms with E-state index in [1.807, 2.05) is 0 Å². The van der Waals surface area contributed by atoms with Gasteiger partial charge >= 0.3 is 0 Å². The Morgan fingerprint density at radius 2 is 2.05 bits per heavy atom. The molecule has 7 nitrogen and oxygen atoms in total. The number of benzene rings is 1. The Hall–Kier alpha value is -1.74. The Balaban J connectivity index is 1.94. The number of anilines is 1. The Morgan fingerprint density at radius 3 is 2.75 bits per heavy atom. The molecule has 2 aromatic rings. The number of hydrogen-bond acceptors (Lipinski definition) is 6. The van der Waals surface area contributed by atoms with Crippen LogP contribution in [0.1, 0.15) is 5.69 Å². The number of rotatable bonds is 3. The van der Waals surface area contributed by atoms with Crippen molar-refractivity contribution in [3.63, 3.8) is 0 Å². The number of halogens is 1. The summed E-state index contributed by atoms with van der Waals surface area (Å²) in [6.45, 7) is 1.77. The molecule has 0 aliphatic carbocycles. The van der Waals surface area contributed by atoms with E-state index in [2.05, 4.69) is 25.8 Å². The highest BCUT2D eigenvalue weighted by Crippen LogP contribution is 2.35. The molecule has 2 heterocycles. The maximum atomic E-state index is 12.2. The van der Waals surface area contributed by atoms with Crippen LogP contribution in [0.5, 0.6) is 11.5 Å². The fourth-order valence-corrected chi connectivity index (χ4v) is 3.03. The lowest BCUT2D eigenvalue weighted by atomic mass is 10.3. The van der Waals surface area contributed by atoms with E-state index in [1.165, 1.54) is 18.2 Å². The summed E-state index contributed by atoms with van der Waals surface area (Å²) >= 11 is 3.20. The molecule has 1 N–H and O–H groups in total. The van der Waals surface area contributed by atoms with Crippen LogP contribution in [0.4, 0.5) is 5.88 Å². The van der Waals surface area contributed by atoms with Crippen LogP contribution in [0, 0.1) is 6.92 Å². The van der Waals surface area contributed by atoms with Crippen LogP contribution in [0.25, 0.3) is 0 Å². The maximum Gasteiger partial charge on any atom is 0.264 e. The number of aromatic nitrogens is 1. The minimum atomic E-state index is -3.79. The molecule has 1 aliphatic heterocycles. The molecule has 9 heteroatoms. The molecule has 1 aromatic carbocycles. The second kappa shape index (κ2) is 4.67. The highest BCUT2D eigenvalue weighted by Gasteiger charge is 2.23. The van der Waals surface area contributed by atoms with E-state index in [0.717, 1.165) is 0 Å². The Bertz CT molecular complexity index is 771. The maximum absolute atomic E-state index is 12.2. The van der Waals surface area contributed by atoms with Gasteiger partial charge in [0.2, 0.25) is 6.79 Å². The standard InChI is InChI=1S/C11H9BrN2O5S/c1-6-10(12)11(19-13-6)14-20(15,16)7-2-3-8-9(4-7)18-5-17-8/h2-4,14H,5H2,1H3. The van der Waals surface area contributed by atoms with Crippen LogP contribution in [-0.2, 0) is 10.0 Å². The lowest BCUT2D eigenvalue weighted by molar-refractivity contribution is 0.174. The SMILES string of the molecule is Cc1noc(NS(=O)(=O)c2ccc3c(c2)OCO3)c1Br. The van der Waals surface area contributed by atoms with Crippen molar-refractivity contribution >= 4 is 31.8 Å². The van der Waals surface area contributed by atoms with Gasteiger partial charge in [0.05, 0.1) is 10.6 Å². The summed E-state index contributed by atoms with van der Waals surface area (Å²) in [6.07, 6.45) is 0. The third-order valence-corrected chi connectivity index (χ3v) is 4.93. The van der Waals surface area contributed by atoms with Crippen LogP contribution >= 0.6 is 15.9 Å². The van der Waals surface area contributed by atoms with Crippen LogP contribution in [0.2, 0.25) is 0 Å². The van der Waals surface area contributed by atoms with Crippen LogP contribution in [0.15, 0.2) is 32.1 Å². The number of hydrogen-bond donors (Lipinski definition) is 1. The van der Waals surface area contributed by atoms with E-state index in [0.29, 0.717) is 21.7 Å². The molecule has 0 spiro atoms. The summed E-state index contributed by atoms with van der Waals surface area (Å²) in [4.78, 5) is 0.0442. The molecule has 0 bridgehead atoms. The molecule has 3 rings (SSSR count). The highest BCUT2D eigenvalue weighted by atomic mass is 79.9. The van der Waals surface area contributed by atoms with Crippen LogP contribution in [-0.4, -0.2) is 20.4 Å². The third kappa shape index (κ3) is 2.22. The van der Waals surface area contributed by atoms with Crippen molar-refractivity contribution in [1.82, 2.24) is 5.16 Å². The van der Waals surface area contributed by atoms with Gasteiger partial charge in [-0.3, -0.25) is 0 Å². The van der Waals surface area contributed by atoms with Gasteiger partial charge in [-0.15, -0.1) is 0 Å². The largest absolute Gasteiger partial charge is 0.454 e. The number of aryl methyl sites for hydroxylation is 1. The Morgan fingerprint density at radius 1 is 1.30 bits per heavy atom. The number of sulfonamides is 1. The summed E-state index contributed by atoms with van der Waals surface area (Å²) in [5, 5.41) is 3.66. The number of nitrogens with one attached hydrogen (secondary N) is 1. The van der Waals surface area contributed by atoms with E-state index in [1.54, 1.807) is 6.92 Å². The summed E-state index contributed by atoms with van der Waals surface area (Å²) in [5.74, 6) is 0.932. The molecule has 0 radical (unpaired) electrons. The second-order valence-electron chi connectivity index (χ2n) is 4.03. The van der Waals surface area contributed by atoms with E-state index < -0.39 is 10.0 Å². The molecule has 0 unspecified atom stereocenters. The lowest BCUT2D eigenvalue weighted by Crippen LogP contribution is -2.12. The Kier molecular flexibility index (Phi) is 3.09. The highest BCUT2D eigenvalue weighted by molar-refractivity contribution is 9.10. The molecule has 1 aliphatic rings. The van der Waals surface area contributed by atoms with Gasteiger partial charge in [-0.1, -0.05) is 5.16 Å². The van der Waals surface area contributed by atoms with E-state index >= 15 is 0 Å². The number of nitrogens with zero attached hydrogens (tertiary/aromatic N) is 1. The fourth-order valence-electron chi connectivity index (χ4n) is 1.65. The number of fused-ring (bicyclic) bond motifs is 1. The van der Waals surface area contributed by atoms with Gasteiger partial charge in [0.15, 0.2) is 11.5 Å². The van der Waals surface area contributed by atoms with Gasteiger partial charge in [-0.25, -0.2) is 13.1 Å². The molecular weight excluding hydrogens is 352 g/mol. The van der Waals surface area contributed by atoms with Crippen molar-refractivity contribution in [2.24, 2.45) is 0 Å². The summed E-state index contributed by atoms with van der Waals surface area (Å²) in [5.41, 5.74) is 0.549. The summed E-state index contributed by atoms with van der Waals surface area (Å²) < 4.78 is 42.5.